The number of benzene rings is 1. The van der Waals surface area contributed by atoms with E-state index in [9.17, 15) is 13.9 Å². The number of aliphatic hydroxyl groups is 1. The first-order chi connectivity index (χ1) is 7.59. The third-order valence-corrected chi connectivity index (χ3v) is 2.65. The monoisotopic (exact) mass is 244 g/mol. The number of aryl methyl sites for hydroxylation is 1. The zero-order chi connectivity index (χ0) is 13.4. The first-order valence-corrected chi connectivity index (χ1v) is 5.37. The van der Waals surface area contributed by atoms with Crippen LogP contribution in [-0.4, -0.2) is 12.2 Å². The van der Waals surface area contributed by atoms with Crippen molar-refractivity contribution in [1.82, 2.24) is 0 Å². The fourth-order valence-corrected chi connectivity index (χ4v) is 2.00. The third-order valence-electron chi connectivity index (χ3n) is 2.65. The van der Waals surface area contributed by atoms with Gasteiger partial charge in [-0.1, -0.05) is 6.07 Å². The minimum atomic E-state index is -3.00. The molecule has 0 spiro atoms. The summed E-state index contributed by atoms with van der Waals surface area (Å²) in [5.74, 6) is -2.94. The van der Waals surface area contributed by atoms with E-state index in [1.807, 2.05) is 0 Å². The molecule has 1 rings (SSSR count). The van der Waals surface area contributed by atoms with Gasteiger partial charge in [0.2, 0.25) is 0 Å². The fraction of sp³-hybridized carbons (Fsp3) is 0.538. The number of hydrogen-bond acceptors (Lipinski definition) is 2. The van der Waals surface area contributed by atoms with Crippen molar-refractivity contribution in [2.75, 3.05) is 7.11 Å². The molecule has 0 atom stereocenters. The summed E-state index contributed by atoms with van der Waals surface area (Å²) < 4.78 is 32.0. The van der Waals surface area contributed by atoms with Crippen LogP contribution >= 0.6 is 0 Å². The first kappa shape index (κ1) is 13.9. The molecular weight excluding hydrogens is 226 g/mol. The maximum atomic E-state index is 13.4. The van der Waals surface area contributed by atoms with Crippen LogP contribution in [0, 0.1) is 6.92 Å². The van der Waals surface area contributed by atoms with E-state index in [0.717, 1.165) is 12.5 Å². The molecule has 0 radical (unpaired) electrons. The Bertz CT molecular complexity index is 415. The van der Waals surface area contributed by atoms with Gasteiger partial charge in [-0.15, -0.1) is 0 Å². The molecule has 0 aliphatic rings. The predicted molar refractivity (Wildman–Crippen MR) is 62.5 cm³/mol. The molecule has 2 nitrogen and oxygen atoms in total. The van der Waals surface area contributed by atoms with Crippen molar-refractivity contribution in [3.05, 3.63) is 28.8 Å². The van der Waals surface area contributed by atoms with E-state index >= 15 is 0 Å². The van der Waals surface area contributed by atoms with Gasteiger partial charge in [-0.05, 0) is 32.4 Å². The van der Waals surface area contributed by atoms with Crippen molar-refractivity contribution < 1.29 is 18.6 Å². The molecule has 4 heteroatoms. The van der Waals surface area contributed by atoms with Gasteiger partial charge in [0.15, 0.2) is 0 Å². The summed E-state index contributed by atoms with van der Waals surface area (Å²) in [5, 5.41) is 10.0. The zero-order valence-corrected chi connectivity index (χ0v) is 10.8. The standard InChI is InChI=1S/C13H18F2O2/c1-8-6-7-9(13(4,14)15)11(17-5)10(8)12(2,3)16/h6-7,16H,1-5H3. The number of alkyl halides is 2. The van der Waals surface area contributed by atoms with Crippen molar-refractivity contribution >= 4 is 0 Å². The van der Waals surface area contributed by atoms with Crippen LogP contribution in [0.25, 0.3) is 0 Å². The van der Waals surface area contributed by atoms with Gasteiger partial charge < -0.3 is 9.84 Å². The van der Waals surface area contributed by atoms with E-state index in [2.05, 4.69) is 0 Å². The molecule has 0 aliphatic carbocycles. The molecular formula is C13H18F2O2. The minimum Gasteiger partial charge on any atom is -0.496 e. The van der Waals surface area contributed by atoms with Crippen LogP contribution in [0.1, 0.15) is 37.5 Å². The number of rotatable bonds is 3. The van der Waals surface area contributed by atoms with Crippen LogP contribution in [0.5, 0.6) is 5.75 Å². The molecule has 1 aromatic carbocycles. The number of halogens is 2. The molecule has 17 heavy (non-hydrogen) atoms. The summed E-state index contributed by atoms with van der Waals surface area (Å²) in [6.07, 6.45) is 0. The topological polar surface area (TPSA) is 29.5 Å². The van der Waals surface area contributed by atoms with Crippen molar-refractivity contribution in [3.8, 4) is 5.75 Å². The molecule has 0 aliphatic heterocycles. The highest BCUT2D eigenvalue weighted by atomic mass is 19.3. The lowest BCUT2D eigenvalue weighted by Gasteiger charge is -2.26. The summed E-state index contributed by atoms with van der Waals surface area (Å²) in [6, 6.07) is 2.91. The Balaban J connectivity index is 3.60. The average molecular weight is 244 g/mol. The van der Waals surface area contributed by atoms with Crippen LogP contribution in [0.3, 0.4) is 0 Å². The first-order valence-electron chi connectivity index (χ1n) is 5.37. The van der Waals surface area contributed by atoms with E-state index in [1.165, 1.54) is 13.2 Å². The van der Waals surface area contributed by atoms with Crippen LogP contribution in [0.2, 0.25) is 0 Å². The van der Waals surface area contributed by atoms with E-state index in [1.54, 1.807) is 26.8 Å². The van der Waals surface area contributed by atoms with Crippen LogP contribution < -0.4 is 4.74 Å². The second-order valence-corrected chi connectivity index (χ2v) is 4.79. The molecule has 0 fully saturated rings. The second kappa shape index (κ2) is 4.26. The second-order valence-electron chi connectivity index (χ2n) is 4.79. The molecule has 0 saturated heterocycles. The Morgan fingerprint density at radius 3 is 2.06 bits per heavy atom. The lowest BCUT2D eigenvalue weighted by atomic mass is 9.89. The highest BCUT2D eigenvalue weighted by Crippen LogP contribution is 2.41. The molecule has 0 heterocycles. The maximum Gasteiger partial charge on any atom is 0.274 e. The van der Waals surface area contributed by atoms with E-state index in [0.29, 0.717) is 5.56 Å². The molecule has 0 amide bonds. The van der Waals surface area contributed by atoms with Gasteiger partial charge in [-0.3, -0.25) is 0 Å². The van der Waals surface area contributed by atoms with E-state index in [4.69, 9.17) is 4.74 Å². The molecule has 1 aromatic rings. The number of ether oxygens (including phenoxy) is 1. The van der Waals surface area contributed by atoms with Crippen LogP contribution in [-0.2, 0) is 11.5 Å². The number of methoxy groups -OCH3 is 1. The van der Waals surface area contributed by atoms with Gasteiger partial charge >= 0.3 is 0 Å². The van der Waals surface area contributed by atoms with E-state index in [-0.39, 0.29) is 11.3 Å². The van der Waals surface area contributed by atoms with Crippen molar-refractivity contribution in [3.63, 3.8) is 0 Å². The Hall–Kier alpha value is -1.16. The smallest absolute Gasteiger partial charge is 0.274 e. The zero-order valence-electron chi connectivity index (χ0n) is 10.8. The summed E-state index contributed by atoms with van der Waals surface area (Å²) in [5.41, 5.74) is -0.305. The molecule has 0 unspecified atom stereocenters. The highest BCUT2D eigenvalue weighted by Gasteiger charge is 2.33. The van der Waals surface area contributed by atoms with Gasteiger partial charge in [-0.25, -0.2) is 8.78 Å². The molecule has 0 bridgehead atoms. The maximum absolute atomic E-state index is 13.4. The molecule has 0 saturated carbocycles. The Labute approximate surface area is 100 Å². The van der Waals surface area contributed by atoms with Crippen LogP contribution in [0.15, 0.2) is 12.1 Å². The Morgan fingerprint density at radius 1 is 1.18 bits per heavy atom. The van der Waals surface area contributed by atoms with Gasteiger partial charge in [0, 0.05) is 12.5 Å². The van der Waals surface area contributed by atoms with Crippen molar-refractivity contribution in [2.45, 2.75) is 39.2 Å². The summed E-state index contributed by atoms with van der Waals surface area (Å²) in [7, 11) is 1.33. The average Bonchev–Trinajstić information content (AvgIpc) is 2.12. The van der Waals surface area contributed by atoms with Gasteiger partial charge in [0.1, 0.15) is 5.75 Å². The third kappa shape index (κ3) is 2.75. The van der Waals surface area contributed by atoms with Gasteiger partial charge in [0.05, 0.1) is 18.3 Å². The molecule has 96 valence electrons. The van der Waals surface area contributed by atoms with Crippen molar-refractivity contribution in [1.29, 1.82) is 0 Å². The number of hydrogen-bond donors (Lipinski definition) is 1. The molecule has 1 N–H and O–H groups in total. The Morgan fingerprint density at radius 2 is 1.71 bits per heavy atom. The summed E-state index contributed by atoms with van der Waals surface area (Å²) >= 11 is 0. The summed E-state index contributed by atoms with van der Waals surface area (Å²) in [6.45, 7) is 5.67. The highest BCUT2D eigenvalue weighted by molar-refractivity contribution is 5.50. The molecule has 0 aromatic heterocycles. The largest absolute Gasteiger partial charge is 0.496 e. The lowest BCUT2D eigenvalue weighted by Crippen LogP contribution is -2.21. The minimum absolute atomic E-state index is 0.0602. The van der Waals surface area contributed by atoms with Gasteiger partial charge in [-0.2, -0.15) is 0 Å². The SMILES string of the molecule is COc1c(C(C)(F)F)ccc(C)c1C(C)(C)O. The lowest BCUT2D eigenvalue weighted by molar-refractivity contribution is 0.0137. The quantitative estimate of drug-likeness (QED) is 0.883. The fourth-order valence-electron chi connectivity index (χ4n) is 2.00. The van der Waals surface area contributed by atoms with Gasteiger partial charge in [0.25, 0.3) is 5.92 Å². The van der Waals surface area contributed by atoms with Crippen LogP contribution in [0.4, 0.5) is 8.78 Å². The Kier molecular flexibility index (Phi) is 3.48. The predicted octanol–water partition coefficient (Wildman–Crippen LogP) is 3.34. The van der Waals surface area contributed by atoms with E-state index < -0.39 is 11.5 Å². The summed E-state index contributed by atoms with van der Waals surface area (Å²) in [4.78, 5) is 0. The normalized spacial score (nSPS) is 12.7. The van der Waals surface area contributed by atoms with Crippen molar-refractivity contribution in [2.24, 2.45) is 0 Å².